The molecule has 7 heteroatoms. The van der Waals surface area contributed by atoms with Crippen LogP contribution in [0.1, 0.15) is 20.7 Å². The minimum Gasteiger partial charge on any atom is -0.478 e. The van der Waals surface area contributed by atoms with Gasteiger partial charge in [-0.1, -0.05) is 6.07 Å². The van der Waals surface area contributed by atoms with Crippen LogP contribution in [0.2, 0.25) is 0 Å². The van der Waals surface area contributed by atoms with Gasteiger partial charge in [0.15, 0.2) is 0 Å². The number of hydrogen-bond acceptors (Lipinski definition) is 4. The average molecular weight is 431 g/mol. The van der Waals surface area contributed by atoms with Gasteiger partial charge < -0.3 is 19.5 Å². The monoisotopic (exact) mass is 431 g/mol. The molecular weight excluding hydrogens is 408 g/mol. The molecule has 1 heterocycles. The molecule has 1 aliphatic heterocycles. The number of nitrogens with zero attached hydrogens (tertiary/aromatic N) is 2. The smallest absolute Gasteiger partial charge is 0.336 e. The highest BCUT2D eigenvalue weighted by Gasteiger charge is 2.26. The predicted octanol–water partition coefficient (Wildman–Crippen LogP) is 3.70. The Kier molecular flexibility index (Phi) is 5.18. The van der Waals surface area contributed by atoms with Crippen molar-refractivity contribution in [3.05, 3.63) is 71.1 Å². The average Bonchev–Trinajstić information content (AvgIpc) is 2.75. The molecule has 2 aliphatic rings. The second-order valence-corrected chi connectivity index (χ2v) is 7.97. The van der Waals surface area contributed by atoms with Gasteiger partial charge in [0.1, 0.15) is 25.4 Å². The molecule has 0 unspecified atom stereocenters. The molecular formula is C25H23N2O5+. The SMILES string of the molecule is CN(C)c1ccc2c(-c3c(C(=O)O)cccc3C(=O)O)c3ccc(=[N+](C)C)cc-3oc2c1. The lowest BCUT2D eigenvalue weighted by atomic mass is 9.87. The van der Waals surface area contributed by atoms with Crippen molar-refractivity contribution in [3.8, 4) is 22.5 Å². The van der Waals surface area contributed by atoms with Crippen molar-refractivity contribution >= 4 is 28.6 Å². The van der Waals surface area contributed by atoms with Crippen LogP contribution in [0.5, 0.6) is 0 Å². The van der Waals surface area contributed by atoms with Crippen molar-refractivity contribution in [1.29, 1.82) is 0 Å². The third-order valence-corrected chi connectivity index (χ3v) is 5.50. The lowest BCUT2D eigenvalue weighted by Crippen LogP contribution is -2.21. The normalized spacial score (nSPS) is 11.0. The lowest BCUT2D eigenvalue weighted by molar-refractivity contribution is 0.0696. The van der Waals surface area contributed by atoms with Gasteiger partial charge in [0.05, 0.1) is 17.2 Å². The first kappa shape index (κ1) is 21.1. The first-order valence-electron chi connectivity index (χ1n) is 9.97. The van der Waals surface area contributed by atoms with Gasteiger partial charge in [-0.3, -0.25) is 0 Å². The van der Waals surface area contributed by atoms with Gasteiger partial charge >= 0.3 is 11.9 Å². The molecule has 0 fully saturated rings. The van der Waals surface area contributed by atoms with E-state index in [9.17, 15) is 19.8 Å². The zero-order valence-corrected chi connectivity index (χ0v) is 18.2. The van der Waals surface area contributed by atoms with E-state index in [-0.39, 0.29) is 16.7 Å². The minimum atomic E-state index is -1.19. The summed E-state index contributed by atoms with van der Waals surface area (Å²) in [6.45, 7) is 0. The van der Waals surface area contributed by atoms with Crippen LogP contribution in [-0.2, 0) is 0 Å². The van der Waals surface area contributed by atoms with Crippen LogP contribution in [0.3, 0.4) is 0 Å². The maximum absolute atomic E-state index is 12.1. The summed E-state index contributed by atoms with van der Waals surface area (Å²) in [5, 5.41) is 21.3. The Balaban J connectivity index is 2.26. The number of fused-ring (bicyclic) bond motifs is 2. The molecule has 2 N–H and O–H groups in total. The molecule has 32 heavy (non-hydrogen) atoms. The van der Waals surface area contributed by atoms with Crippen LogP contribution in [0.4, 0.5) is 5.69 Å². The van der Waals surface area contributed by atoms with Crippen LogP contribution in [0.25, 0.3) is 33.4 Å². The summed E-state index contributed by atoms with van der Waals surface area (Å²) in [5.41, 5.74) is 2.60. The molecule has 0 radical (unpaired) electrons. The third kappa shape index (κ3) is 3.47. The standard InChI is InChI=1S/C25H22N2O5/c1-26(2)14-8-10-16-20(12-14)32-21-13-15(27(3)4)9-11-17(21)22(16)23-18(24(28)29)6-5-7-19(23)25(30)31/h5-13H,1-4H3,(H-,28,29,30,31)/p+1. The number of carbonyl (C=O) groups is 2. The molecule has 0 saturated heterocycles. The van der Waals surface area contributed by atoms with Gasteiger partial charge in [0, 0.05) is 54.0 Å². The molecule has 0 atom stereocenters. The molecule has 0 saturated carbocycles. The van der Waals surface area contributed by atoms with Gasteiger partial charge in [-0.15, -0.1) is 0 Å². The van der Waals surface area contributed by atoms with Crippen LogP contribution in [0.15, 0.2) is 59.0 Å². The molecule has 2 aromatic rings. The van der Waals surface area contributed by atoms with Crippen LogP contribution in [-0.4, -0.2) is 50.3 Å². The number of rotatable bonds is 4. The number of carboxylic acids is 2. The van der Waals surface area contributed by atoms with E-state index in [0.29, 0.717) is 27.9 Å². The molecule has 4 rings (SSSR count). The van der Waals surface area contributed by atoms with E-state index in [0.717, 1.165) is 11.0 Å². The van der Waals surface area contributed by atoms with Crippen molar-refractivity contribution in [2.24, 2.45) is 0 Å². The Bertz CT molecular complexity index is 1400. The molecule has 1 aliphatic carbocycles. The molecule has 0 amide bonds. The zero-order chi connectivity index (χ0) is 23.2. The second kappa shape index (κ2) is 7.85. The Morgan fingerprint density at radius 1 is 0.875 bits per heavy atom. The third-order valence-electron chi connectivity index (χ3n) is 5.50. The Morgan fingerprint density at radius 3 is 2.09 bits per heavy atom. The summed E-state index contributed by atoms with van der Waals surface area (Å²) >= 11 is 0. The van der Waals surface area contributed by atoms with Crippen LogP contribution >= 0.6 is 0 Å². The van der Waals surface area contributed by atoms with Crippen molar-refractivity contribution < 1.29 is 24.2 Å². The highest BCUT2D eigenvalue weighted by atomic mass is 16.4. The van der Waals surface area contributed by atoms with E-state index in [1.807, 2.05) is 74.1 Å². The predicted molar refractivity (Wildman–Crippen MR) is 124 cm³/mol. The Labute approximate surface area is 184 Å². The fraction of sp³-hybridized carbons (Fsp3) is 0.160. The highest BCUT2D eigenvalue weighted by Crippen LogP contribution is 2.43. The largest absolute Gasteiger partial charge is 0.478 e. The summed E-state index contributed by atoms with van der Waals surface area (Å²) in [6.07, 6.45) is 0. The van der Waals surface area contributed by atoms with Crippen molar-refractivity contribution in [1.82, 2.24) is 4.58 Å². The number of anilines is 1. The first-order chi connectivity index (χ1) is 15.2. The maximum atomic E-state index is 12.1. The van der Waals surface area contributed by atoms with Gasteiger partial charge in [-0.05, 0) is 30.3 Å². The van der Waals surface area contributed by atoms with E-state index in [4.69, 9.17) is 4.42 Å². The molecule has 162 valence electrons. The molecule has 7 nitrogen and oxygen atoms in total. The topological polar surface area (TPSA) is 94.0 Å². The van der Waals surface area contributed by atoms with E-state index < -0.39 is 11.9 Å². The number of aromatic carboxylic acids is 2. The summed E-state index contributed by atoms with van der Waals surface area (Å²) in [5.74, 6) is -1.86. The number of benzene rings is 3. The number of carboxylic acid groups (broad SMARTS) is 2. The lowest BCUT2D eigenvalue weighted by Gasteiger charge is -2.19. The van der Waals surface area contributed by atoms with Crippen molar-refractivity contribution in [2.75, 3.05) is 33.1 Å². The van der Waals surface area contributed by atoms with Gasteiger partial charge in [-0.2, -0.15) is 0 Å². The van der Waals surface area contributed by atoms with Gasteiger partial charge in [-0.25, -0.2) is 14.2 Å². The fourth-order valence-corrected chi connectivity index (χ4v) is 3.87. The first-order valence-corrected chi connectivity index (χ1v) is 9.97. The van der Waals surface area contributed by atoms with E-state index in [2.05, 4.69) is 0 Å². The summed E-state index contributed by atoms with van der Waals surface area (Å²) < 4.78 is 8.18. The van der Waals surface area contributed by atoms with Gasteiger partial charge in [0.2, 0.25) is 5.36 Å². The molecule has 2 aromatic carbocycles. The summed E-state index contributed by atoms with van der Waals surface area (Å²) in [4.78, 5) is 26.1. The quantitative estimate of drug-likeness (QED) is 0.378. The van der Waals surface area contributed by atoms with Crippen molar-refractivity contribution in [2.45, 2.75) is 0 Å². The second-order valence-electron chi connectivity index (χ2n) is 7.97. The van der Waals surface area contributed by atoms with E-state index in [1.165, 1.54) is 18.2 Å². The fourth-order valence-electron chi connectivity index (χ4n) is 3.87. The van der Waals surface area contributed by atoms with E-state index in [1.54, 1.807) is 0 Å². The highest BCUT2D eigenvalue weighted by molar-refractivity contribution is 6.13. The van der Waals surface area contributed by atoms with Crippen molar-refractivity contribution in [3.63, 3.8) is 0 Å². The molecule has 0 bridgehead atoms. The van der Waals surface area contributed by atoms with Gasteiger partial charge in [0.25, 0.3) is 0 Å². The van der Waals surface area contributed by atoms with Crippen LogP contribution in [0, 0.1) is 0 Å². The summed E-state index contributed by atoms with van der Waals surface area (Å²) in [7, 11) is 7.65. The Hall–Kier alpha value is -4.13. The Morgan fingerprint density at radius 2 is 1.53 bits per heavy atom. The summed E-state index contributed by atoms with van der Waals surface area (Å²) in [6, 6.07) is 15.5. The van der Waals surface area contributed by atoms with Crippen LogP contribution < -0.4 is 14.8 Å². The number of hydrogen-bond donors (Lipinski definition) is 2. The van der Waals surface area contributed by atoms with E-state index >= 15 is 0 Å². The molecule has 0 aromatic heterocycles. The maximum Gasteiger partial charge on any atom is 0.336 e. The zero-order valence-electron chi connectivity index (χ0n) is 18.2. The minimum absolute atomic E-state index is 0.0768. The molecule has 0 spiro atoms.